The second kappa shape index (κ2) is 6.64. The van der Waals surface area contributed by atoms with Crippen molar-refractivity contribution in [3.05, 3.63) is 36.3 Å². The number of anilines is 2. The quantitative estimate of drug-likeness (QED) is 0.742. The number of fused-ring (bicyclic) bond motifs is 1. The fraction of sp³-hybridized carbons (Fsp3) is 0.412. The molecule has 0 amide bonds. The van der Waals surface area contributed by atoms with Gasteiger partial charge in [0.2, 0.25) is 5.95 Å². The first kappa shape index (κ1) is 15.8. The van der Waals surface area contributed by atoms with Gasteiger partial charge in [0.15, 0.2) is 5.65 Å². The van der Waals surface area contributed by atoms with E-state index >= 15 is 0 Å². The van der Waals surface area contributed by atoms with Gasteiger partial charge in [-0.1, -0.05) is 6.07 Å². The zero-order valence-corrected chi connectivity index (χ0v) is 14.3. The Balaban J connectivity index is 1.38. The maximum atomic E-state index is 6.02. The Kier molecular flexibility index (Phi) is 4.19. The molecule has 1 aliphatic rings. The summed E-state index contributed by atoms with van der Waals surface area (Å²) >= 11 is 0. The third-order valence-electron chi connectivity index (χ3n) is 4.65. The molecule has 25 heavy (non-hydrogen) atoms. The molecule has 0 aliphatic carbocycles. The van der Waals surface area contributed by atoms with Crippen LogP contribution in [0, 0.1) is 0 Å². The van der Waals surface area contributed by atoms with Crippen molar-refractivity contribution in [3.8, 4) is 0 Å². The van der Waals surface area contributed by atoms with Gasteiger partial charge in [-0.3, -0.25) is 14.6 Å². The topological polar surface area (TPSA) is 97.8 Å². The first-order valence-electron chi connectivity index (χ1n) is 8.53. The van der Waals surface area contributed by atoms with E-state index < -0.39 is 0 Å². The van der Waals surface area contributed by atoms with E-state index in [1.54, 1.807) is 10.9 Å². The number of nitrogens with two attached hydrogens (primary N) is 1. The predicted molar refractivity (Wildman–Crippen MR) is 96.9 cm³/mol. The van der Waals surface area contributed by atoms with Gasteiger partial charge in [-0.05, 0) is 25.0 Å². The number of nitrogens with zero attached hydrogens (tertiary/aromatic N) is 6. The second-order valence-electron chi connectivity index (χ2n) is 6.45. The van der Waals surface area contributed by atoms with Gasteiger partial charge in [-0.15, -0.1) is 0 Å². The summed E-state index contributed by atoms with van der Waals surface area (Å²) in [5.41, 5.74) is 7.89. The number of hydrogen-bond donors (Lipinski definition) is 2. The number of piperidine rings is 1. The number of aromatic nitrogens is 5. The summed E-state index contributed by atoms with van der Waals surface area (Å²) in [6.07, 6.45) is 5.63. The highest BCUT2D eigenvalue weighted by Gasteiger charge is 2.20. The third-order valence-corrected chi connectivity index (χ3v) is 4.65. The molecule has 4 rings (SSSR count). The van der Waals surface area contributed by atoms with Crippen LogP contribution in [0.25, 0.3) is 11.0 Å². The average molecular weight is 338 g/mol. The van der Waals surface area contributed by atoms with Crippen molar-refractivity contribution < 1.29 is 0 Å². The Morgan fingerprint density at radius 2 is 2.08 bits per heavy atom. The van der Waals surface area contributed by atoms with E-state index in [-0.39, 0.29) is 0 Å². The lowest BCUT2D eigenvalue weighted by Crippen LogP contribution is -2.39. The van der Waals surface area contributed by atoms with Gasteiger partial charge in [-0.25, -0.2) is 0 Å². The summed E-state index contributed by atoms with van der Waals surface area (Å²) in [6.45, 7) is 2.95. The highest BCUT2D eigenvalue weighted by atomic mass is 15.3. The van der Waals surface area contributed by atoms with E-state index in [4.69, 9.17) is 5.73 Å². The molecule has 1 fully saturated rings. The molecular weight excluding hydrogens is 316 g/mol. The van der Waals surface area contributed by atoms with Crippen LogP contribution in [-0.2, 0) is 13.6 Å². The van der Waals surface area contributed by atoms with Crippen LogP contribution in [0.1, 0.15) is 18.5 Å². The van der Waals surface area contributed by atoms with Crippen LogP contribution < -0.4 is 11.1 Å². The minimum atomic E-state index is 0.352. The van der Waals surface area contributed by atoms with Crippen molar-refractivity contribution in [2.24, 2.45) is 7.05 Å². The zero-order chi connectivity index (χ0) is 17.2. The fourth-order valence-electron chi connectivity index (χ4n) is 3.25. The van der Waals surface area contributed by atoms with Crippen molar-refractivity contribution in [2.75, 3.05) is 24.1 Å². The Morgan fingerprint density at radius 3 is 2.84 bits per heavy atom. The van der Waals surface area contributed by atoms with Crippen LogP contribution in [0.3, 0.4) is 0 Å². The van der Waals surface area contributed by atoms with Gasteiger partial charge in [-0.2, -0.15) is 15.1 Å². The fourth-order valence-corrected chi connectivity index (χ4v) is 3.25. The molecule has 0 radical (unpaired) electrons. The van der Waals surface area contributed by atoms with Crippen LogP contribution in [0.5, 0.6) is 0 Å². The first-order valence-corrected chi connectivity index (χ1v) is 8.53. The molecular formula is C17H22N8. The van der Waals surface area contributed by atoms with Crippen molar-refractivity contribution in [2.45, 2.75) is 25.4 Å². The summed E-state index contributed by atoms with van der Waals surface area (Å²) in [5.74, 6) is 1.05. The Bertz CT molecular complexity index is 852. The van der Waals surface area contributed by atoms with Gasteiger partial charge < -0.3 is 11.1 Å². The number of rotatable bonds is 4. The lowest BCUT2D eigenvalue weighted by atomic mass is 10.1. The maximum absolute atomic E-state index is 6.02. The molecule has 8 heteroatoms. The molecule has 8 nitrogen and oxygen atoms in total. The second-order valence-corrected chi connectivity index (χ2v) is 6.45. The minimum Gasteiger partial charge on any atom is -0.383 e. The molecule has 0 aromatic carbocycles. The molecule has 0 atom stereocenters. The molecule has 4 heterocycles. The largest absolute Gasteiger partial charge is 0.383 e. The summed E-state index contributed by atoms with van der Waals surface area (Å²) in [7, 11) is 1.86. The van der Waals surface area contributed by atoms with Gasteiger partial charge in [0, 0.05) is 38.9 Å². The van der Waals surface area contributed by atoms with Gasteiger partial charge in [0.05, 0.1) is 17.3 Å². The summed E-state index contributed by atoms with van der Waals surface area (Å²) in [6, 6.07) is 6.41. The van der Waals surface area contributed by atoms with Crippen molar-refractivity contribution in [1.82, 2.24) is 29.6 Å². The van der Waals surface area contributed by atoms with E-state index in [1.165, 1.54) is 0 Å². The van der Waals surface area contributed by atoms with Crippen LogP contribution in [-0.4, -0.2) is 48.8 Å². The van der Waals surface area contributed by atoms with E-state index in [9.17, 15) is 0 Å². The summed E-state index contributed by atoms with van der Waals surface area (Å²) in [5, 5.41) is 8.41. The number of nitrogens with one attached hydrogen (secondary N) is 1. The van der Waals surface area contributed by atoms with Crippen LogP contribution in [0.2, 0.25) is 0 Å². The normalized spacial score (nSPS) is 16.4. The highest BCUT2D eigenvalue weighted by molar-refractivity contribution is 5.86. The van der Waals surface area contributed by atoms with Crippen LogP contribution in [0.15, 0.2) is 30.6 Å². The predicted octanol–water partition coefficient (Wildman–Crippen LogP) is 1.42. The zero-order valence-electron chi connectivity index (χ0n) is 14.3. The summed E-state index contributed by atoms with van der Waals surface area (Å²) in [4.78, 5) is 15.8. The smallest absolute Gasteiger partial charge is 0.226 e. The molecule has 1 saturated heterocycles. The number of aryl methyl sites for hydroxylation is 1. The maximum Gasteiger partial charge on any atom is 0.226 e. The lowest BCUT2D eigenvalue weighted by molar-refractivity contribution is 0.209. The monoisotopic (exact) mass is 338 g/mol. The standard InChI is InChI=1S/C17H22N8/c1-24-16-14(10-20-24)15(18)22-17(23-16)21-12-5-8-25(9-6-12)11-13-4-2-3-7-19-13/h2-4,7,10,12H,5-6,8-9,11H2,1H3,(H3,18,21,22,23). The van der Waals surface area contributed by atoms with E-state index in [1.807, 2.05) is 25.4 Å². The van der Waals surface area contributed by atoms with E-state index in [0.29, 0.717) is 17.8 Å². The lowest BCUT2D eigenvalue weighted by Gasteiger charge is -2.32. The number of likely N-dealkylation sites (tertiary alicyclic amines) is 1. The molecule has 3 aromatic rings. The first-order chi connectivity index (χ1) is 12.2. The highest BCUT2D eigenvalue weighted by Crippen LogP contribution is 2.21. The molecule has 0 bridgehead atoms. The molecule has 1 aliphatic heterocycles. The molecule has 0 spiro atoms. The molecule has 0 saturated carbocycles. The van der Waals surface area contributed by atoms with Gasteiger partial charge >= 0.3 is 0 Å². The van der Waals surface area contributed by atoms with Crippen molar-refractivity contribution >= 4 is 22.8 Å². The molecule has 3 N–H and O–H groups in total. The number of nitrogen functional groups attached to an aromatic ring is 1. The van der Waals surface area contributed by atoms with Gasteiger partial charge in [0.1, 0.15) is 5.82 Å². The SMILES string of the molecule is Cn1ncc2c(N)nc(NC3CCN(Cc4ccccn4)CC3)nc21. The number of hydrogen-bond acceptors (Lipinski definition) is 7. The van der Waals surface area contributed by atoms with Crippen molar-refractivity contribution in [3.63, 3.8) is 0 Å². The molecule has 130 valence electrons. The Labute approximate surface area is 146 Å². The van der Waals surface area contributed by atoms with Crippen LogP contribution in [0.4, 0.5) is 11.8 Å². The Hall–Kier alpha value is -2.74. The van der Waals surface area contributed by atoms with E-state index in [0.717, 1.165) is 49.2 Å². The minimum absolute atomic E-state index is 0.352. The Morgan fingerprint density at radius 1 is 1.24 bits per heavy atom. The molecule has 0 unspecified atom stereocenters. The van der Waals surface area contributed by atoms with Crippen LogP contribution >= 0.6 is 0 Å². The van der Waals surface area contributed by atoms with E-state index in [2.05, 4.69) is 36.3 Å². The van der Waals surface area contributed by atoms with Crippen molar-refractivity contribution in [1.29, 1.82) is 0 Å². The van der Waals surface area contributed by atoms with Gasteiger partial charge in [0.25, 0.3) is 0 Å². The third kappa shape index (κ3) is 3.39. The average Bonchev–Trinajstić information content (AvgIpc) is 2.99. The summed E-state index contributed by atoms with van der Waals surface area (Å²) < 4.78 is 1.72. The molecule has 3 aromatic heterocycles. The number of pyridine rings is 1.